The molecule has 1 atom stereocenters. The van der Waals surface area contributed by atoms with Crippen molar-refractivity contribution >= 4 is 43.5 Å². The van der Waals surface area contributed by atoms with E-state index in [9.17, 15) is 18.0 Å². The molecule has 1 N–H and O–H groups in total. The smallest absolute Gasteiger partial charge is 0.264 e. The predicted octanol–water partition coefficient (Wildman–Crippen LogP) is 7.24. The highest BCUT2D eigenvalue weighted by molar-refractivity contribution is 9.10. The molecule has 0 saturated heterocycles. The fourth-order valence-electron chi connectivity index (χ4n) is 5.14. The summed E-state index contributed by atoms with van der Waals surface area (Å²) < 4.78 is 30.4. The second-order valence-corrected chi connectivity index (χ2v) is 14.5. The summed E-state index contributed by atoms with van der Waals surface area (Å²) >= 11 is 3.52. The lowest BCUT2D eigenvalue weighted by molar-refractivity contribution is -0.140. The molecule has 0 aliphatic heterocycles. The molecule has 242 valence electrons. The minimum absolute atomic E-state index is 0.0823. The number of sulfonamides is 1. The van der Waals surface area contributed by atoms with E-state index in [1.54, 1.807) is 36.4 Å². The quantitative estimate of drug-likeness (QED) is 0.150. The van der Waals surface area contributed by atoms with Crippen LogP contribution in [0, 0.1) is 6.92 Å². The summed E-state index contributed by atoms with van der Waals surface area (Å²) in [5.41, 5.74) is 4.04. The molecular formula is C37H42BrN3O4S. The van der Waals surface area contributed by atoms with E-state index in [2.05, 4.69) is 35.1 Å². The summed E-state index contributed by atoms with van der Waals surface area (Å²) in [4.78, 5) is 29.9. The zero-order chi connectivity index (χ0) is 33.3. The Labute approximate surface area is 281 Å². The molecule has 7 nitrogen and oxygen atoms in total. The number of nitrogens with one attached hydrogen (secondary N) is 1. The van der Waals surface area contributed by atoms with Gasteiger partial charge in [0.25, 0.3) is 10.0 Å². The lowest BCUT2D eigenvalue weighted by Gasteiger charge is -2.34. The standard InChI is InChI=1S/C37H42BrN3O4S/c1-5-22-39-37(43)35(24-29-10-7-6-8-11-29)40(25-30-12-9-13-32(38)23-30)36(42)26-41(33-18-16-31(17-19-33)27(2)3)46(44,45)34-20-14-28(4)15-21-34/h6-21,23,27,35H,5,22,24-26H2,1-4H3,(H,39,43). The number of hydrogen-bond donors (Lipinski definition) is 1. The topological polar surface area (TPSA) is 86.8 Å². The third-order valence-corrected chi connectivity index (χ3v) is 10.1. The van der Waals surface area contributed by atoms with Crippen molar-refractivity contribution in [3.8, 4) is 0 Å². The van der Waals surface area contributed by atoms with Crippen LogP contribution in [0.25, 0.3) is 0 Å². The zero-order valence-corrected chi connectivity index (χ0v) is 29.2. The van der Waals surface area contributed by atoms with Crippen LogP contribution in [0.1, 0.15) is 55.4 Å². The highest BCUT2D eigenvalue weighted by Gasteiger charge is 2.34. The first kappa shape index (κ1) is 34.9. The van der Waals surface area contributed by atoms with Gasteiger partial charge in [0.05, 0.1) is 10.6 Å². The second kappa shape index (κ2) is 16.1. The summed E-state index contributed by atoms with van der Waals surface area (Å²) in [6, 6.07) is 30.0. The highest BCUT2D eigenvalue weighted by atomic mass is 79.9. The number of carbonyl (C=O) groups is 2. The van der Waals surface area contributed by atoms with Crippen LogP contribution in [0.2, 0.25) is 0 Å². The number of nitrogens with zero attached hydrogens (tertiary/aromatic N) is 2. The van der Waals surface area contributed by atoms with E-state index in [-0.39, 0.29) is 29.7 Å². The molecule has 0 aromatic heterocycles. The number of hydrogen-bond acceptors (Lipinski definition) is 4. The van der Waals surface area contributed by atoms with Crippen LogP contribution in [0.5, 0.6) is 0 Å². The number of aryl methyl sites for hydroxylation is 1. The maximum Gasteiger partial charge on any atom is 0.264 e. The molecule has 4 aromatic rings. The average Bonchev–Trinajstić information content (AvgIpc) is 3.04. The van der Waals surface area contributed by atoms with Crippen molar-refractivity contribution in [2.75, 3.05) is 17.4 Å². The van der Waals surface area contributed by atoms with Crippen molar-refractivity contribution in [3.05, 3.63) is 130 Å². The van der Waals surface area contributed by atoms with Crippen molar-refractivity contribution in [2.45, 2.75) is 63.9 Å². The minimum atomic E-state index is -4.15. The van der Waals surface area contributed by atoms with Crippen LogP contribution in [0.4, 0.5) is 5.69 Å². The maximum atomic E-state index is 14.6. The number of benzene rings is 4. The average molecular weight is 705 g/mol. The molecule has 0 spiro atoms. The maximum absolute atomic E-state index is 14.6. The van der Waals surface area contributed by atoms with Crippen LogP contribution >= 0.6 is 15.9 Å². The van der Waals surface area contributed by atoms with E-state index in [0.29, 0.717) is 12.2 Å². The predicted molar refractivity (Wildman–Crippen MR) is 188 cm³/mol. The van der Waals surface area contributed by atoms with Crippen LogP contribution < -0.4 is 9.62 Å². The van der Waals surface area contributed by atoms with E-state index < -0.39 is 28.5 Å². The van der Waals surface area contributed by atoms with Gasteiger partial charge in [0.15, 0.2) is 0 Å². The number of rotatable bonds is 14. The molecule has 0 aliphatic rings. The van der Waals surface area contributed by atoms with E-state index in [1.165, 1.54) is 4.90 Å². The van der Waals surface area contributed by atoms with Gasteiger partial charge in [0.1, 0.15) is 12.6 Å². The van der Waals surface area contributed by atoms with Gasteiger partial charge >= 0.3 is 0 Å². The molecule has 0 radical (unpaired) electrons. The number of amides is 2. The molecule has 2 amide bonds. The summed E-state index contributed by atoms with van der Waals surface area (Å²) in [5.74, 6) is -0.529. The summed E-state index contributed by atoms with van der Waals surface area (Å²) in [6.07, 6.45) is 1.00. The highest BCUT2D eigenvalue weighted by Crippen LogP contribution is 2.27. The van der Waals surface area contributed by atoms with Crippen LogP contribution in [-0.2, 0) is 32.6 Å². The molecule has 0 heterocycles. The first-order valence-corrected chi connectivity index (χ1v) is 17.8. The van der Waals surface area contributed by atoms with Crippen LogP contribution in [0.3, 0.4) is 0 Å². The van der Waals surface area contributed by atoms with Crippen LogP contribution in [-0.4, -0.2) is 44.3 Å². The van der Waals surface area contributed by atoms with Gasteiger partial charge in [-0.25, -0.2) is 8.42 Å². The zero-order valence-electron chi connectivity index (χ0n) is 26.8. The van der Waals surface area contributed by atoms with Gasteiger partial charge in [-0.2, -0.15) is 0 Å². The van der Waals surface area contributed by atoms with Gasteiger partial charge in [-0.15, -0.1) is 0 Å². The van der Waals surface area contributed by atoms with Crippen molar-refractivity contribution in [1.29, 1.82) is 0 Å². The van der Waals surface area contributed by atoms with E-state index in [1.807, 2.05) is 80.6 Å². The van der Waals surface area contributed by atoms with E-state index in [0.717, 1.165) is 37.5 Å². The molecular weight excluding hydrogens is 662 g/mol. The molecule has 9 heteroatoms. The normalized spacial score (nSPS) is 12.0. The van der Waals surface area contributed by atoms with Crippen molar-refractivity contribution in [2.24, 2.45) is 0 Å². The SMILES string of the molecule is CCCNC(=O)C(Cc1ccccc1)N(Cc1cccc(Br)c1)C(=O)CN(c1ccc(C(C)C)cc1)S(=O)(=O)c1ccc(C)cc1. The van der Waals surface area contributed by atoms with Gasteiger partial charge in [-0.3, -0.25) is 13.9 Å². The summed E-state index contributed by atoms with van der Waals surface area (Å²) in [7, 11) is -4.15. The van der Waals surface area contributed by atoms with Gasteiger partial charge < -0.3 is 10.2 Å². The molecule has 46 heavy (non-hydrogen) atoms. The molecule has 0 fully saturated rings. The monoisotopic (exact) mass is 703 g/mol. The van der Waals surface area contributed by atoms with Gasteiger partial charge in [-0.05, 0) is 72.4 Å². The molecule has 4 rings (SSSR count). The van der Waals surface area contributed by atoms with Crippen molar-refractivity contribution in [1.82, 2.24) is 10.2 Å². The van der Waals surface area contributed by atoms with Gasteiger partial charge in [0, 0.05) is 24.0 Å². The first-order valence-electron chi connectivity index (χ1n) is 15.5. The molecule has 0 bridgehead atoms. The van der Waals surface area contributed by atoms with E-state index >= 15 is 0 Å². The van der Waals surface area contributed by atoms with Crippen LogP contribution in [0.15, 0.2) is 112 Å². The second-order valence-electron chi connectivity index (χ2n) is 11.7. The lowest BCUT2D eigenvalue weighted by Crippen LogP contribution is -2.53. The molecule has 4 aromatic carbocycles. The molecule has 0 aliphatic carbocycles. The third kappa shape index (κ3) is 9.07. The fraction of sp³-hybridized carbons (Fsp3) is 0.297. The van der Waals surface area contributed by atoms with Crippen molar-refractivity contribution < 1.29 is 18.0 Å². The minimum Gasteiger partial charge on any atom is -0.354 e. The number of anilines is 1. The Bertz CT molecular complexity index is 1710. The fourth-order valence-corrected chi connectivity index (χ4v) is 7.00. The van der Waals surface area contributed by atoms with Gasteiger partial charge in [0.2, 0.25) is 11.8 Å². The number of halogens is 1. The largest absolute Gasteiger partial charge is 0.354 e. The Morgan fingerprint density at radius 2 is 1.50 bits per heavy atom. The molecule has 0 saturated carbocycles. The van der Waals surface area contributed by atoms with Gasteiger partial charge in [-0.1, -0.05) is 109 Å². The lowest BCUT2D eigenvalue weighted by atomic mass is 10.0. The Morgan fingerprint density at radius 1 is 0.848 bits per heavy atom. The Balaban J connectivity index is 1.80. The number of carbonyl (C=O) groups excluding carboxylic acids is 2. The summed E-state index contributed by atoms with van der Waals surface area (Å²) in [5, 5.41) is 2.97. The Hall–Kier alpha value is -3.95. The summed E-state index contributed by atoms with van der Waals surface area (Å²) in [6.45, 7) is 8.07. The first-order chi connectivity index (χ1) is 22.0. The van der Waals surface area contributed by atoms with E-state index in [4.69, 9.17) is 0 Å². The third-order valence-electron chi connectivity index (χ3n) is 7.80. The Morgan fingerprint density at radius 3 is 2.11 bits per heavy atom. The molecule has 1 unspecified atom stereocenters. The Kier molecular flexibility index (Phi) is 12.2. The van der Waals surface area contributed by atoms with Crippen molar-refractivity contribution in [3.63, 3.8) is 0 Å².